The Morgan fingerprint density at radius 1 is 1.50 bits per heavy atom. The van der Waals surface area contributed by atoms with Crippen LogP contribution < -0.4 is 15.4 Å². The van der Waals surface area contributed by atoms with Crippen LogP contribution >= 0.6 is 0 Å². The molecule has 0 aromatic heterocycles. The van der Waals surface area contributed by atoms with E-state index in [-0.39, 0.29) is 23.3 Å². The van der Waals surface area contributed by atoms with Crippen LogP contribution in [-0.2, 0) is 16.4 Å². The van der Waals surface area contributed by atoms with Crippen molar-refractivity contribution < 1.29 is 17.5 Å². The van der Waals surface area contributed by atoms with Crippen molar-refractivity contribution in [2.75, 3.05) is 25.7 Å². The molecule has 2 N–H and O–H groups in total. The maximum atomic E-state index is 13.6. The van der Waals surface area contributed by atoms with E-state index in [4.69, 9.17) is 4.74 Å². The predicted octanol–water partition coefficient (Wildman–Crippen LogP) is 0.686. The molecule has 1 aromatic rings. The first-order valence-electron chi connectivity index (χ1n) is 6.93. The van der Waals surface area contributed by atoms with Gasteiger partial charge in [0.15, 0.2) is 27.4 Å². The number of rotatable bonds is 4. The molecular weight excluding hydrogens is 309 g/mol. The van der Waals surface area contributed by atoms with Gasteiger partial charge in [-0.25, -0.2) is 12.8 Å². The Morgan fingerprint density at radius 3 is 2.82 bits per heavy atom. The molecule has 0 amide bonds. The molecule has 1 aliphatic rings. The first-order chi connectivity index (χ1) is 10.4. The zero-order chi connectivity index (χ0) is 16.2. The van der Waals surface area contributed by atoms with Crippen molar-refractivity contribution in [1.29, 1.82) is 0 Å². The van der Waals surface area contributed by atoms with Crippen molar-refractivity contribution in [1.82, 2.24) is 10.6 Å². The molecule has 1 heterocycles. The van der Waals surface area contributed by atoms with Gasteiger partial charge in [0.2, 0.25) is 0 Å². The molecule has 1 unspecified atom stereocenters. The minimum Gasteiger partial charge on any atom is -0.494 e. The zero-order valence-corrected chi connectivity index (χ0v) is 13.4. The summed E-state index contributed by atoms with van der Waals surface area (Å²) in [5.74, 6) is 0.586. The number of nitrogens with one attached hydrogen (secondary N) is 2. The normalized spacial score (nSPS) is 20.7. The first-order valence-corrected chi connectivity index (χ1v) is 8.75. The first kappa shape index (κ1) is 16.5. The number of ether oxygens (including phenoxy) is 1. The average Bonchev–Trinajstić information content (AvgIpc) is 2.82. The lowest BCUT2D eigenvalue weighted by molar-refractivity contribution is 0.386. The molecule has 22 heavy (non-hydrogen) atoms. The van der Waals surface area contributed by atoms with Crippen LogP contribution in [0.5, 0.6) is 5.75 Å². The Morgan fingerprint density at radius 2 is 2.27 bits per heavy atom. The van der Waals surface area contributed by atoms with Gasteiger partial charge in [0, 0.05) is 19.6 Å². The Labute approximate surface area is 129 Å². The van der Waals surface area contributed by atoms with Crippen LogP contribution in [0.3, 0.4) is 0 Å². The molecule has 122 valence electrons. The summed E-state index contributed by atoms with van der Waals surface area (Å²) in [5.41, 5.74) is 0.736. The highest BCUT2D eigenvalue weighted by Gasteiger charge is 2.28. The minimum atomic E-state index is -2.94. The number of sulfone groups is 1. The standard InChI is InChI=1S/C14H20FN3O3S/c1-16-14(18-11-5-6-22(19,20)9-11)17-8-10-3-4-13(21-2)12(15)7-10/h3-4,7,11H,5-6,8-9H2,1-2H3,(H2,16,17,18). The number of guanidine groups is 1. The summed E-state index contributed by atoms with van der Waals surface area (Å²) in [6, 6.07) is 4.57. The van der Waals surface area contributed by atoms with Crippen LogP contribution in [0.1, 0.15) is 12.0 Å². The largest absolute Gasteiger partial charge is 0.494 e. The third-order valence-electron chi connectivity index (χ3n) is 3.47. The van der Waals surface area contributed by atoms with Crippen molar-refractivity contribution in [3.8, 4) is 5.75 Å². The van der Waals surface area contributed by atoms with Crippen molar-refractivity contribution in [3.63, 3.8) is 0 Å². The molecule has 0 aliphatic carbocycles. The monoisotopic (exact) mass is 329 g/mol. The summed E-state index contributed by atoms with van der Waals surface area (Å²) in [6.07, 6.45) is 0.570. The van der Waals surface area contributed by atoms with Gasteiger partial charge in [-0.2, -0.15) is 0 Å². The van der Waals surface area contributed by atoms with Crippen LogP contribution in [0.15, 0.2) is 23.2 Å². The van der Waals surface area contributed by atoms with E-state index in [1.807, 2.05) is 0 Å². The number of hydrogen-bond acceptors (Lipinski definition) is 4. The second-order valence-electron chi connectivity index (χ2n) is 5.14. The summed E-state index contributed by atoms with van der Waals surface area (Å²) in [5, 5.41) is 6.11. The van der Waals surface area contributed by atoms with E-state index >= 15 is 0 Å². The molecule has 0 saturated carbocycles. The third kappa shape index (κ3) is 4.33. The van der Waals surface area contributed by atoms with Crippen LogP contribution in [0.2, 0.25) is 0 Å². The SMILES string of the molecule is CN=C(NCc1ccc(OC)c(F)c1)NC1CCS(=O)(=O)C1. The molecule has 1 saturated heterocycles. The molecular formula is C14H20FN3O3S. The molecule has 0 bridgehead atoms. The molecule has 1 aromatic carbocycles. The fourth-order valence-corrected chi connectivity index (χ4v) is 3.98. The lowest BCUT2D eigenvalue weighted by Gasteiger charge is -2.16. The highest BCUT2D eigenvalue weighted by Crippen LogP contribution is 2.17. The fourth-order valence-electron chi connectivity index (χ4n) is 2.30. The molecule has 0 spiro atoms. The Kier molecular flexibility index (Phi) is 5.23. The van der Waals surface area contributed by atoms with E-state index in [1.54, 1.807) is 19.2 Å². The summed E-state index contributed by atoms with van der Waals surface area (Å²) in [4.78, 5) is 4.05. The van der Waals surface area contributed by atoms with E-state index < -0.39 is 15.7 Å². The van der Waals surface area contributed by atoms with Gasteiger partial charge in [-0.1, -0.05) is 6.07 Å². The second-order valence-corrected chi connectivity index (χ2v) is 7.37. The number of benzene rings is 1. The highest BCUT2D eigenvalue weighted by atomic mass is 32.2. The van der Waals surface area contributed by atoms with Gasteiger partial charge in [-0.05, 0) is 24.1 Å². The smallest absolute Gasteiger partial charge is 0.191 e. The zero-order valence-electron chi connectivity index (χ0n) is 12.6. The van der Waals surface area contributed by atoms with Crippen LogP contribution in [-0.4, -0.2) is 46.1 Å². The van der Waals surface area contributed by atoms with E-state index in [1.165, 1.54) is 13.2 Å². The molecule has 2 rings (SSSR count). The molecule has 1 aliphatic heterocycles. The fraction of sp³-hybridized carbons (Fsp3) is 0.500. The lowest BCUT2D eigenvalue weighted by atomic mass is 10.2. The molecule has 1 fully saturated rings. The minimum absolute atomic E-state index is 0.116. The number of nitrogens with zero attached hydrogens (tertiary/aromatic N) is 1. The molecule has 6 nitrogen and oxygen atoms in total. The topological polar surface area (TPSA) is 79.8 Å². The quantitative estimate of drug-likeness (QED) is 0.627. The van der Waals surface area contributed by atoms with Crippen molar-refractivity contribution in [2.24, 2.45) is 4.99 Å². The van der Waals surface area contributed by atoms with Gasteiger partial charge in [-0.15, -0.1) is 0 Å². The molecule has 0 radical (unpaired) electrons. The summed E-state index contributed by atoms with van der Waals surface area (Å²) in [6.45, 7) is 0.375. The van der Waals surface area contributed by atoms with E-state index in [2.05, 4.69) is 15.6 Å². The maximum Gasteiger partial charge on any atom is 0.191 e. The molecule has 1 atom stereocenters. The van der Waals surface area contributed by atoms with Crippen molar-refractivity contribution >= 4 is 15.8 Å². The van der Waals surface area contributed by atoms with Gasteiger partial charge < -0.3 is 15.4 Å². The number of aliphatic imine (C=N–C) groups is 1. The number of halogens is 1. The summed E-state index contributed by atoms with van der Waals surface area (Å²) >= 11 is 0. The third-order valence-corrected chi connectivity index (χ3v) is 5.24. The maximum absolute atomic E-state index is 13.6. The van der Waals surface area contributed by atoms with Gasteiger partial charge in [-0.3, -0.25) is 4.99 Å². The van der Waals surface area contributed by atoms with Gasteiger partial charge in [0.25, 0.3) is 0 Å². The van der Waals surface area contributed by atoms with E-state index in [0.29, 0.717) is 18.9 Å². The Bertz CT molecular complexity index is 661. The van der Waals surface area contributed by atoms with E-state index in [0.717, 1.165) is 5.56 Å². The van der Waals surface area contributed by atoms with Gasteiger partial charge in [0.1, 0.15) is 0 Å². The number of methoxy groups -OCH3 is 1. The van der Waals surface area contributed by atoms with Crippen LogP contribution in [0.25, 0.3) is 0 Å². The molecule has 8 heteroatoms. The van der Waals surface area contributed by atoms with E-state index in [9.17, 15) is 12.8 Å². The van der Waals surface area contributed by atoms with Gasteiger partial charge >= 0.3 is 0 Å². The second kappa shape index (κ2) is 6.95. The predicted molar refractivity (Wildman–Crippen MR) is 83.3 cm³/mol. The summed E-state index contributed by atoms with van der Waals surface area (Å²) in [7, 11) is 0.0805. The lowest BCUT2D eigenvalue weighted by Crippen LogP contribution is -2.43. The van der Waals surface area contributed by atoms with Crippen LogP contribution in [0.4, 0.5) is 4.39 Å². The van der Waals surface area contributed by atoms with Crippen molar-refractivity contribution in [3.05, 3.63) is 29.6 Å². The Hall–Kier alpha value is -1.83. The highest BCUT2D eigenvalue weighted by molar-refractivity contribution is 7.91. The average molecular weight is 329 g/mol. The van der Waals surface area contributed by atoms with Gasteiger partial charge in [0.05, 0.1) is 18.6 Å². The Balaban J connectivity index is 1.90. The van der Waals surface area contributed by atoms with Crippen LogP contribution in [0, 0.1) is 5.82 Å². The summed E-state index contributed by atoms with van der Waals surface area (Å²) < 4.78 is 41.3. The number of hydrogen-bond donors (Lipinski definition) is 2. The van der Waals surface area contributed by atoms with Crippen molar-refractivity contribution in [2.45, 2.75) is 19.0 Å².